The predicted molar refractivity (Wildman–Crippen MR) is 120 cm³/mol. The SMILES string of the molecule is CCCCCCCCCCCCCC/C=C/Cc1ccc(OCC2CO2)cc1. The molecule has 1 fully saturated rings. The van der Waals surface area contributed by atoms with Crippen molar-refractivity contribution in [2.45, 2.75) is 103 Å². The molecule has 158 valence electrons. The Labute approximate surface area is 173 Å². The summed E-state index contributed by atoms with van der Waals surface area (Å²) in [6, 6.07) is 8.46. The molecule has 1 atom stereocenters. The number of unbranched alkanes of at least 4 members (excludes halogenated alkanes) is 12. The average molecular weight is 387 g/mol. The molecular weight excluding hydrogens is 344 g/mol. The first-order valence-electron chi connectivity index (χ1n) is 11.9. The van der Waals surface area contributed by atoms with Crippen molar-refractivity contribution < 1.29 is 9.47 Å². The topological polar surface area (TPSA) is 21.8 Å². The first kappa shape index (κ1) is 23.0. The van der Waals surface area contributed by atoms with Crippen LogP contribution in [0.2, 0.25) is 0 Å². The van der Waals surface area contributed by atoms with Crippen LogP contribution in [0.15, 0.2) is 36.4 Å². The Kier molecular flexibility index (Phi) is 12.8. The number of ether oxygens (including phenoxy) is 2. The lowest BCUT2D eigenvalue weighted by Gasteiger charge is -2.04. The highest BCUT2D eigenvalue weighted by atomic mass is 16.6. The maximum Gasteiger partial charge on any atom is 0.119 e. The van der Waals surface area contributed by atoms with Gasteiger partial charge in [-0.2, -0.15) is 0 Å². The van der Waals surface area contributed by atoms with E-state index in [1.54, 1.807) is 0 Å². The highest BCUT2D eigenvalue weighted by molar-refractivity contribution is 5.28. The molecule has 0 spiro atoms. The number of hydrogen-bond acceptors (Lipinski definition) is 2. The van der Waals surface area contributed by atoms with E-state index >= 15 is 0 Å². The van der Waals surface area contributed by atoms with Gasteiger partial charge in [-0.1, -0.05) is 102 Å². The summed E-state index contributed by atoms with van der Waals surface area (Å²) in [5, 5.41) is 0. The molecule has 1 aromatic carbocycles. The van der Waals surface area contributed by atoms with Crippen molar-refractivity contribution in [2.24, 2.45) is 0 Å². The smallest absolute Gasteiger partial charge is 0.119 e. The van der Waals surface area contributed by atoms with Crippen LogP contribution in [-0.4, -0.2) is 19.3 Å². The van der Waals surface area contributed by atoms with Crippen molar-refractivity contribution in [2.75, 3.05) is 13.2 Å². The van der Waals surface area contributed by atoms with E-state index in [1.807, 2.05) is 0 Å². The summed E-state index contributed by atoms with van der Waals surface area (Å²) >= 11 is 0. The van der Waals surface area contributed by atoms with Crippen LogP contribution in [0.25, 0.3) is 0 Å². The second-order valence-corrected chi connectivity index (χ2v) is 8.26. The molecule has 1 aliphatic rings. The molecule has 28 heavy (non-hydrogen) atoms. The molecule has 1 unspecified atom stereocenters. The summed E-state index contributed by atoms with van der Waals surface area (Å²) < 4.78 is 10.8. The van der Waals surface area contributed by atoms with Gasteiger partial charge >= 0.3 is 0 Å². The minimum absolute atomic E-state index is 0.322. The summed E-state index contributed by atoms with van der Waals surface area (Å²) in [5.41, 5.74) is 1.35. The predicted octanol–water partition coefficient (Wildman–Crippen LogP) is 7.65. The average Bonchev–Trinajstić information content (AvgIpc) is 3.55. The third-order valence-corrected chi connectivity index (χ3v) is 5.51. The van der Waals surface area contributed by atoms with Crippen molar-refractivity contribution in [1.82, 2.24) is 0 Å². The van der Waals surface area contributed by atoms with Gasteiger partial charge in [-0.3, -0.25) is 0 Å². The Morgan fingerprint density at radius 1 is 0.821 bits per heavy atom. The van der Waals surface area contributed by atoms with Crippen LogP contribution in [0.1, 0.15) is 96.0 Å². The standard InChI is InChI=1S/C26H42O2/c1-2-3-4-5-6-7-8-9-10-11-12-13-14-15-16-17-24-18-20-25(21-19-24)27-22-26-23-28-26/h15-16,18-21,26H,2-14,17,22-23H2,1H3/b16-15+. The Morgan fingerprint density at radius 2 is 1.39 bits per heavy atom. The van der Waals surface area contributed by atoms with Crippen molar-refractivity contribution in [3.05, 3.63) is 42.0 Å². The van der Waals surface area contributed by atoms with Crippen molar-refractivity contribution in [1.29, 1.82) is 0 Å². The third-order valence-electron chi connectivity index (χ3n) is 5.51. The van der Waals surface area contributed by atoms with Crippen molar-refractivity contribution in [3.63, 3.8) is 0 Å². The summed E-state index contributed by atoms with van der Waals surface area (Å²) in [6.07, 6.45) is 24.3. The molecule has 2 heteroatoms. The fraction of sp³-hybridized carbons (Fsp3) is 0.692. The molecule has 1 aliphatic heterocycles. The summed E-state index contributed by atoms with van der Waals surface area (Å²) in [5.74, 6) is 0.944. The van der Waals surface area contributed by atoms with E-state index in [1.165, 1.54) is 89.0 Å². The maximum atomic E-state index is 5.67. The zero-order valence-electron chi connectivity index (χ0n) is 18.2. The van der Waals surface area contributed by atoms with Gasteiger partial charge in [0.05, 0.1) is 6.61 Å². The molecule has 0 radical (unpaired) electrons. The summed E-state index contributed by atoms with van der Waals surface area (Å²) in [7, 11) is 0. The lowest BCUT2D eigenvalue weighted by molar-refractivity contribution is 0.263. The van der Waals surface area contributed by atoms with E-state index in [9.17, 15) is 0 Å². The third kappa shape index (κ3) is 12.2. The fourth-order valence-electron chi connectivity index (χ4n) is 3.52. The lowest BCUT2D eigenvalue weighted by atomic mass is 10.0. The first-order valence-corrected chi connectivity index (χ1v) is 11.9. The molecular formula is C26H42O2. The Balaban J connectivity index is 1.36. The van der Waals surface area contributed by atoms with Crippen LogP contribution >= 0.6 is 0 Å². The van der Waals surface area contributed by atoms with Gasteiger partial charge < -0.3 is 9.47 Å². The zero-order valence-corrected chi connectivity index (χ0v) is 18.2. The highest BCUT2D eigenvalue weighted by Gasteiger charge is 2.22. The van der Waals surface area contributed by atoms with E-state index in [-0.39, 0.29) is 0 Å². The molecule has 0 N–H and O–H groups in total. The minimum Gasteiger partial charge on any atom is -0.491 e. The quantitative estimate of drug-likeness (QED) is 0.147. The largest absolute Gasteiger partial charge is 0.491 e. The van der Waals surface area contributed by atoms with Gasteiger partial charge in [-0.25, -0.2) is 0 Å². The number of rotatable bonds is 18. The van der Waals surface area contributed by atoms with E-state index in [0.717, 1.165) is 18.8 Å². The molecule has 2 nitrogen and oxygen atoms in total. The number of epoxide rings is 1. The van der Waals surface area contributed by atoms with Crippen LogP contribution in [0.3, 0.4) is 0 Å². The summed E-state index contributed by atoms with van der Waals surface area (Å²) in [4.78, 5) is 0. The second-order valence-electron chi connectivity index (χ2n) is 8.26. The van der Waals surface area contributed by atoms with E-state index in [4.69, 9.17) is 9.47 Å². The minimum atomic E-state index is 0.322. The zero-order chi connectivity index (χ0) is 19.7. The van der Waals surface area contributed by atoms with Crippen LogP contribution < -0.4 is 4.74 Å². The van der Waals surface area contributed by atoms with Gasteiger partial charge in [-0.15, -0.1) is 0 Å². The molecule has 0 saturated carbocycles. The normalized spacial score (nSPS) is 16.0. The molecule has 2 rings (SSSR count). The van der Waals surface area contributed by atoms with Crippen LogP contribution in [0, 0.1) is 0 Å². The van der Waals surface area contributed by atoms with E-state index in [2.05, 4.69) is 43.3 Å². The van der Waals surface area contributed by atoms with Gasteiger partial charge in [0.2, 0.25) is 0 Å². The van der Waals surface area contributed by atoms with E-state index in [0.29, 0.717) is 12.7 Å². The molecule has 0 bridgehead atoms. The fourth-order valence-corrected chi connectivity index (χ4v) is 3.52. The van der Waals surface area contributed by atoms with Gasteiger partial charge in [0, 0.05) is 0 Å². The first-order chi connectivity index (χ1) is 13.9. The lowest BCUT2D eigenvalue weighted by Crippen LogP contribution is -2.03. The maximum absolute atomic E-state index is 5.67. The Hall–Kier alpha value is -1.28. The van der Waals surface area contributed by atoms with Crippen molar-refractivity contribution >= 4 is 0 Å². The van der Waals surface area contributed by atoms with Crippen LogP contribution in [0.4, 0.5) is 0 Å². The number of benzene rings is 1. The van der Waals surface area contributed by atoms with Gasteiger partial charge in [0.25, 0.3) is 0 Å². The molecule has 0 amide bonds. The Morgan fingerprint density at radius 3 is 1.96 bits per heavy atom. The van der Waals surface area contributed by atoms with Crippen LogP contribution in [-0.2, 0) is 11.2 Å². The summed E-state index contributed by atoms with van der Waals surface area (Å²) in [6.45, 7) is 3.82. The number of allylic oxidation sites excluding steroid dienone is 2. The van der Waals surface area contributed by atoms with Gasteiger partial charge in [0.15, 0.2) is 0 Å². The second kappa shape index (κ2) is 15.6. The van der Waals surface area contributed by atoms with Crippen LogP contribution in [0.5, 0.6) is 5.75 Å². The molecule has 1 saturated heterocycles. The van der Waals surface area contributed by atoms with Gasteiger partial charge in [-0.05, 0) is 37.0 Å². The monoisotopic (exact) mass is 386 g/mol. The molecule has 0 aliphatic carbocycles. The van der Waals surface area contributed by atoms with Gasteiger partial charge in [0.1, 0.15) is 18.5 Å². The molecule has 1 aromatic rings. The Bertz CT molecular complexity index is 502. The molecule has 0 aromatic heterocycles. The molecule has 1 heterocycles. The van der Waals surface area contributed by atoms with Crippen molar-refractivity contribution in [3.8, 4) is 5.75 Å². The highest BCUT2D eigenvalue weighted by Crippen LogP contribution is 2.16. The number of hydrogen-bond donors (Lipinski definition) is 0. The van der Waals surface area contributed by atoms with E-state index < -0.39 is 0 Å².